The van der Waals surface area contributed by atoms with Crippen molar-refractivity contribution in [1.29, 1.82) is 0 Å². The molecule has 0 unspecified atom stereocenters. The number of benzene rings is 3. The fourth-order valence-corrected chi connectivity index (χ4v) is 4.19. The molecule has 3 aromatic carbocycles. The third-order valence-electron chi connectivity index (χ3n) is 6.52. The van der Waals surface area contributed by atoms with E-state index in [0.717, 1.165) is 21.6 Å². The molecule has 0 spiro atoms. The summed E-state index contributed by atoms with van der Waals surface area (Å²) < 4.78 is 15.9. The number of guanidine groups is 1. The van der Waals surface area contributed by atoms with Gasteiger partial charge in [-0.05, 0) is 29.5 Å². The lowest BCUT2D eigenvalue weighted by Gasteiger charge is -2.27. The summed E-state index contributed by atoms with van der Waals surface area (Å²) in [5.74, 6) is -1.11. The van der Waals surface area contributed by atoms with E-state index < -0.39 is 30.3 Å². The molecule has 3 rings (SSSR count). The fraction of sp³-hybridized carbons (Fsp3) is 0.303. The largest absolute Gasteiger partial charge is 0.481 e. The van der Waals surface area contributed by atoms with Gasteiger partial charge in [0.2, 0.25) is 5.96 Å². The molecule has 0 saturated carbocycles. The maximum absolute atomic E-state index is 12.9. The number of rotatable bonds is 13. The molecule has 0 saturated heterocycles. The molecule has 0 aliphatic carbocycles. The van der Waals surface area contributed by atoms with Gasteiger partial charge in [0, 0.05) is 26.7 Å². The second-order valence-corrected chi connectivity index (χ2v) is 10.1. The maximum Gasteiger partial charge on any atom is 0.437 e. The highest BCUT2D eigenvalue weighted by Crippen LogP contribution is 2.10. The molecule has 3 aromatic rings. The number of alkyl carbamates (subject to hydrolysis) is 1. The molecule has 12 nitrogen and oxygen atoms in total. The van der Waals surface area contributed by atoms with Crippen LogP contribution in [0, 0.1) is 0 Å². The molecule has 238 valence electrons. The standard InChI is InChI=1S/C33H38N4O8/c1-36(20-12-19-28(21-29(38)39)34-31(40)43-22-25-13-6-3-7-14-25)30(35-32(41)44-23-26-15-8-4-9-16-26)37(2)33(42)45-24-27-17-10-5-11-18-27/h3-11,13-18,28H,12,19-24H2,1-2H3,(H,34,40)(H,38,39)/b35-30-/t28-/m0/s1. The molecule has 3 amide bonds. The van der Waals surface area contributed by atoms with Crippen LogP contribution in [0.2, 0.25) is 0 Å². The number of ether oxygens (including phenoxy) is 3. The van der Waals surface area contributed by atoms with Crippen molar-refractivity contribution in [2.45, 2.75) is 45.1 Å². The summed E-state index contributed by atoms with van der Waals surface area (Å²) in [4.78, 5) is 56.1. The van der Waals surface area contributed by atoms with Crippen molar-refractivity contribution in [1.82, 2.24) is 15.1 Å². The topological polar surface area (TPSA) is 147 Å². The van der Waals surface area contributed by atoms with Crippen molar-refractivity contribution in [2.24, 2.45) is 4.99 Å². The average Bonchev–Trinajstić information content (AvgIpc) is 3.05. The van der Waals surface area contributed by atoms with E-state index in [1.807, 2.05) is 78.9 Å². The number of aliphatic imine (C=N–C) groups is 1. The second kappa shape index (κ2) is 18.3. The molecule has 0 radical (unpaired) electrons. The monoisotopic (exact) mass is 618 g/mol. The van der Waals surface area contributed by atoms with Crippen LogP contribution in [0.1, 0.15) is 36.0 Å². The molecule has 45 heavy (non-hydrogen) atoms. The van der Waals surface area contributed by atoms with Gasteiger partial charge in [-0.3, -0.25) is 9.69 Å². The van der Waals surface area contributed by atoms with Gasteiger partial charge in [0.1, 0.15) is 19.8 Å². The quantitative estimate of drug-likeness (QED) is 0.145. The Morgan fingerprint density at radius 3 is 1.76 bits per heavy atom. The summed E-state index contributed by atoms with van der Waals surface area (Å²) in [7, 11) is 3.04. The fourth-order valence-electron chi connectivity index (χ4n) is 4.19. The van der Waals surface area contributed by atoms with Gasteiger partial charge in [-0.25, -0.2) is 14.4 Å². The summed E-state index contributed by atoms with van der Waals surface area (Å²) in [6.45, 7) is 0.299. The first-order chi connectivity index (χ1) is 21.7. The van der Waals surface area contributed by atoms with E-state index in [1.54, 1.807) is 24.1 Å². The van der Waals surface area contributed by atoms with Crippen LogP contribution in [0.4, 0.5) is 14.4 Å². The van der Waals surface area contributed by atoms with Crippen LogP contribution in [0.15, 0.2) is 96.0 Å². The number of carboxylic acid groups (broad SMARTS) is 1. The van der Waals surface area contributed by atoms with Crippen molar-refractivity contribution in [3.8, 4) is 0 Å². The van der Waals surface area contributed by atoms with Crippen molar-refractivity contribution in [3.63, 3.8) is 0 Å². The number of nitrogens with zero attached hydrogens (tertiary/aromatic N) is 3. The van der Waals surface area contributed by atoms with Gasteiger partial charge in [0.25, 0.3) is 0 Å². The van der Waals surface area contributed by atoms with Crippen LogP contribution < -0.4 is 5.32 Å². The number of carbonyl (C=O) groups is 4. The first-order valence-electron chi connectivity index (χ1n) is 14.3. The number of hydrogen-bond donors (Lipinski definition) is 2. The smallest absolute Gasteiger partial charge is 0.437 e. The third-order valence-corrected chi connectivity index (χ3v) is 6.52. The minimum absolute atomic E-state index is 0.00869. The Morgan fingerprint density at radius 1 is 0.756 bits per heavy atom. The molecule has 2 N–H and O–H groups in total. The van der Waals surface area contributed by atoms with Crippen LogP contribution >= 0.6 is 0 Å². The average molecular weight is 619 g/mol. The zero-order valence-electron chi connectivity index (χ0n) is 25.3. The predicted octanol–water partition coefficient (Wildman–Crippen LogP) is 5.43. The van der Waals surface area contributed by atoms with Crippen LogP contribution in [-0.2, 0) is 38.8 Å². The maximum atomic E-state index is 12.9. The molecule has 0 aliphatic rings. The summed E-state index contributed by atoms with van der Waals surface area (Å²) in [6, 6.07) is 26.6. The highest BCUT2D eigenvalue weighted by Gasteiger charge is 2.23. The third kappa shape index (κ3) is 12.8. The van der Waals surface area contributed by atoms with E-state index in [9.17, 15) is 24.3 Å². The summed E-state index contributed by atoms with van der Waals surface area (Å²) in [5.41, 5.74) is 2.35. The van der Waals surface area contributed by atoms with E-state index in [2.05, 4.69) is 10.3 Å². The first-order valence-corrected chi connectivity index (χ1v) is 14.3. The minimum atomic E-state index is -1.08. The number of amides is 3. The molecular formula is C33H38N4O8. The normalized spacial score (nSPS) is 11.6. The molecule has 12 heteroatoms. The van der Waals surface area contributed by atoms with Gasteiger partial charge in [0.15, 0.2) is 0 Å². The Bertz CT molecular complexity index is 1400. The zero-order chi connectivity index (χ0) is 32.4. The van der Waals surface area contributed by atoms with Crippen molar-refractivity contribution in [2.75, 3.05) is 20.6 Å². The molecule has 0 bridgehead atoms. The molecule has 0 fully saturated rings. The Kier molecular flexibility index (Phi) is 13.9. The predicted molar refractivity (Wildman–Crippen MR) is 166 cm³/mol. The van der Waals surface area contributed by atoms with Crippen LogP contribution in [0.5, 0.6) is 0 Å². The van der Waals surface area contributed by atoms with Gasteiger partial charge < -0.3 is 29.5 Å². The van der Waals surface area contributed by atoms with Gasteiger partial charge in [0.05, 0.1) is 6.42 Å². The van der Waals surface area contributed by atoms with E-state index in [4.69, 9.17) is 14.2 Å². The highest BCUT2D eigenvalue weighted by atomic mass is 16.6. The Labute approximate surface area is 262 Å². The van der Waals surface area contributed by atoms with Crippen LogP contribution in [0.25, 0.3) is 0 Å². The second-order valence-electron chi connectivity index (χ2n) is 10.1. The van der Waals surface area contributed by atoms with E-state index in [0.29, 0.717) is 6.42 Å². The number of carboxylic acids is 1. The number of aliphatic carboxylic acids is 1. The van der Waals surface area contributed by atoms with Crippen molar-refractivity contribution in [3.05, 3.63) is 108 Å². The minimum Gasteiger partial charge on any atom is -0.481 e. The molecular weight excluding hydrogens is 580 g/mol. The molecule has 0 heterocycles. The van der Waals surface area contributed by atoms with Gasteiger partial charge in [-0.15, -0.1) is 4.99 Å². The molecule has 0 aromatic heterocycles. The van der Waals surface area contributed by atoms with E-state index in [1.165, 1.54) is 7.05 Å². The van der Waals surface area contributed by atoms with Gasteiger partial charge >= 0.3 is 24.2 Å². The van der Waals surface area contributed by atoms with Gasteiger partial charge in [-0.2, -0.15) is 0 Å². The van der Waals surface area contributed by atoms with Gasteiger partial charge in [-0.1, -0.05) is 91.0 Å². The Hall–Kier alpha value is -5.39. The number of nitrogens with one attached hydrogen (secondary N) is 1. The summed E-state index contributed by atoms with van der Waals surface area (Å²) in [6.07, 6.45) is -2.06. The SMILES string of the molecule is CN(CCC[C@@H](CC(=O)O)NC(=O)OCc1ccccc1)/C(=N/C(=O)OCc1ccccc1)N(C)C(=O)OCc1ccccc1. The molecule has 1 atom stereocenters. The van der Waals surface area contributed by atoms with Crippen LogP contribution in [0.3, 0.4) is 0 Å². The Balaban J connectivity index is 1.62. The van der Waals surface area contributed by atoms with Crippen molar-refractivity contribution >= 4 is 30.2 Å². The number of hydrogen-bond acceptors (Lipinski definition) is 7. The number of carbonyl (C=O) groups excluding carboxylic acids is 3. The summed E-state index contributed by atoms with van der Waals surface area (Å²) in [5, 5.41) is 12.0. The lowest BCUT2D eigenvalue weighted by atomic mass is 10.1. The lowest BCUT2D eigenvalue weighted by Crippen LogP contribution is -2.45. The first kappa shape index (κ1) is 34.1. The zero-order valence-corrected chi connectivity index (χ0v) is 25.3. The van der Waals surface area contributed by atoms with E-state index >= 15 is 0 Å². The van der Waals surface area contributed by atoms with Crippen molar-refractivity contribution < 1.29 is 38.5 Å². The molecule has 0 aliphatic heterocycles. The highest BCUT2D eigenvalue weighted by molar-refractivity contribution is 5.98. The van der Waals surface area contributed by atoms with E-state index in [-0.39, 0.29) is 45.2 Å². The summed E-state index contributed by atoms with van der Waals surface area (Å²) >= 11 is 0. The van der Waals surface area contributed by atoms with Crippen LogP contribution in [-0.4, -0.2) is 71.8 Å². The lowest BCUT2D eigenvalue weighted by molar-refractivity contribution is -0.137. The Morgan fingerprint density at radius 2 is 1.24 bits per heavy atom.